The van der Waals surface area contributed by atoms with Crippen molar-refractivity contribution in [3.05, 3.63) is 18.2 Å². The first kappa shape index (κ1) is 11.2. The van der Waals surface area contributed by atoms with Crippen molar-refractivity contribution >= 4 is 0 Å². The van der Waals surface area contributed by atoms with Crippen LogP contribution in [0.25, 0.3) is 0 Å². The highest BCUT2D eigenvalue weighted by atomic mass is 15.0. The Kier molecular flexibility index (Phi) is 4.66. The largest absolute Gasteiger partial charge is 0.338 e. The minimum Gasteiger partial charge on any atom is -0.338 e. The Morgan fingerprint density at radius 2 is 2.29 bits per heavy atom. The molecule has 0 fully saturated rings. The average Bonchev–Trinajstić information content (AvgIpc) is 2.58. The van der Waals surface area contributed by atoms with Gasteiger partial charge in [0.15, 0.2) is 0 Å². The molecule has 0 bridgehead atoms. The van der Waals surface area contributed by atoms with Crippen molar-refractivity contribution in [2.45, 2.75) is 26.2 Å². The third kappa shape index (κ3) is 3.50. The number of aromatic nitrogens is 2. The Bertz CT molecular complexity index is 255. The van der Waals surface area contributed by atoms with E-state index in [1.54, 1.807) is 0 Å². The van der Waals surface area contributed by atoms with Crippen molar-refractivity contribution in [3.63, 3.8) is 0 Å². The van der Waals surface area contributed by atoms with Gasteiger partial charge in [-0.25, -0.2) is 4.98 Å². The molecule has 0 amide bonds. The van der Waals surface area contributed by atoms with Gasteiger partial charge in [0.2, 0.25) is 0 Å². The Labute approximate surface area is 86.5 Å². The molecule has 0 saturated carbocycles. The fourth-order valence-corrected chi connectivity index (χ4v) is 1.55. The van der Waals surface area contributed by atoms with Crippen LogP contribution in [-0.2, 0) is 13.5 Å². The maximum atomic E-state index is 4.32. The Morgan fingerprint density at radius 1 is 1.50 bits per heavy atom. The SMILES string of the molecule is CNCCC(C)CCc1nccn1C. The van der Waals surface area contributed by atoms with Crippen LogP contribution in [0.5, 0.6) is 0 Å². The van der Waals surface area contributed by atoms with E-state index in [0.29, 0.717) is 0 Å². The number of hydrogen-bond donors (Lipinski definition) is 1. The van der Waals surface area contributed by atoms with Crippen LogP contribution in [0.3, 0.4) is 0 Å². The number of rotatable bonds is 6. The van der Waals surface area contributed by atoms with Gasteiger partial charge in [-0.05, 0) is 32.4 Å². The summed E-state index contributed by atoms with van der Waals surface area (Å²) in [4.78, 5) is 4.32. The Hall–Kier alpha value is -0.830. The van der Waals surface area contributed by atoms with Crippen LogP contribution in [0.4, 0.5) is 0 Å². The van der Waals surface area contributed by atoms with Gasteiger partial charge in [0.25, 0.3) is 0 Å². The van der Waals surface area contributed by atoms with Crippen LogP contribution in [0.1, 0.15) is 25.6 Å². The van der Waals surface area contributed by atoms with Crippen LogP contribution in [-0.4, -0.2) is 23.1 Å². The zero-order valence-corrected chi connectivity index (χ0v) is 9.45. The quantitative estimate of drug-likeness (QED) is 0.747. The summed E-state index contributed by atoms with van der Waals surface area (Å²) < 4.78 is 2.10. The number of aryl methyl sites for hydroxylation is 2. The van der Waals surface area contributed by atoms with E-state index in [0.717, 1.165) is 18.9 Å². The lowest BCUT2D eigenvalue weighted by Crippen LogP contribution is -2.12. The lowest BCUT2D eigenvalue weighted by atomic mass is 10.0. The monoisotopic (exact) mass is 195 g/mol. The summed E-state index contributed by atoms with van der Waals surface area (Å²) in [6.45, 7) is 3.42. The maximum Gasteiger partial charge on any atom is 0.108 e. The van der Waals surface area contributed by atoms with Gasteiger partial charge in [0.05, 0.1) is 0 Å². The Balaban J connectivity index is 2.23. The van der Waals surface area contributed by atoms with Gasteiger partial charge in [-0.2, -0.15) is 0 Å². The van der Waals surface area contributed by atoms with Gasteiger partial charge in [-0.3, -0.25) is 0 Å². The van der Waals surface area contributed by atoms with Crippen molar-refractivity contribution in [2.75, 3.05) is 13.6 Å². The summed E-state index contributed by atoms with van der Waals surface area (Å²) in [5, 5.41) is 3.18. The summed E-state index contributed by atoms with van der Waals surface area (Å²) in [6.07, 6.45) is 7.45. The molecule has 0 radical (unpaired) electrons. The Morgan fingerprint density at radius 3 is 2.86 bits per heavy atom. The first-order chi connectivity index (χ1) is 6.74. The van der Waals surface area contributed by atoms with E-state index in [-0.39, 0.29) is 0 Å². The smallest absolute Gasteiger partial charge is 0.108 e. The second-order valence-electron chi connectivity index (χ2n) is 3.99. The van der Waals surface area contributed by atoms with Gasteiger partial charge in [-0.1, -0.05) is 6.92 Å². The molecule has 1 aromatic heterocycles. The van der Waals surface area contributed by atoms with E-state index in [1.165, 1.54) is 18.7 Å². The fraction of sp³-hybridized carbons (Fsp3) is 0.727. The molecule has 0 saturated heterocycles. The number of hydrogen-bond acceptors (Lipinski definition) is 2. The summed E-state index contributed by atoms with van der Waals surface area (Å²) in [7, 11) is 4.06. The molecule has 1 atom stereocenters. The van der Waals surface area contributed by atoms with Crippen LogP contribution < -0.4 is 5.32 Å². The second-order valence-corrected chi connectivity index (χ2v) is 3.99. The van der Waals surface area contributed by atoms with Crippen molar-refractivity contribution in [2.24, 2.45) is 13.0 Å². The van der Waals surface area contributed by atoms with Crippen molar-refractivity contribution < 1.29 is 0 Å². The van der Waals surface area contributed by atoms with Crippen LogP contribution >= 0.6 is 0 Å². The molecule has 1 unspecified atom stereocenters. The average molecular weight is 195 g/mol. The van der Waals surface area contributed by atoms with E-state index < -0.39 is 0 Å². The van der Waals surface area contributed by atoms with Crippen molar-refractivity contribution in [3.8, 4) is 0 Å². The van der Waals surface area contributed by atoms with Gasteiger partial charge < -0.3 is 9.88 Å². The van der Waals surface area contributed by atoms with Gasteiger partial charge in [0.1, 0.15) is 5.82 Å². The molecular weight excluding hydrogens is 174 g/mol. The maximum absolute atomic E-state index is 4.32. The van der Waals surface area contributed by atoms with Gasteiger partial charge >= 0.3 is 0 Å². The van der Waals surface area contributed by atoms with Gasteiger partial charge in [-0.15, -0.1) is 0 Å². The molecule has 1 rings (SSSR count). The minimum absolute atomic E-state index is 0.777. The number of nitrogens with one attached hydrogen (secondary N) is 1. The van der Waals surface area contributed by atoms with Crippen molar-refractivity contribution in [1.82, 2.24) is 14.9 Å². The lowest BCUT2D eigenvalue weighted by Gasteiger charge is -2.10. The lowest BCUT2D eigenvalue weighted by molar-refractivity contribution is 0.473. The van der Waals surface area contributed by atoms with Crippen molar-refractivity contribution in [1.29, 1.82) is 0 Å². The highest BCUT2D eigenvalue weighted by Crippen LogP contribution is 2.10. The zero-order valence-electron chi connectivity index (χ0n) is 9.45. The van der Waals surface area contributed by atoms with E-state index in [4.69, 9.17) is 0 Å². The van der Waals surface area contributed by atoms with E-state index in [2.05, 4.69) is 28.8 Å². The van der Waals surface area contributed by atoms with E-state index in [1.807, 2.05) is 19.4 Å². The topological polar surface area (TPSA) is 29.9 Å². The summed E-state index contributed by atoms with van der Waals surface area (Å²) in [5.41, 5.74) is 0. The second kappa shape index (κ2) is 5.81. The molecule has 0 aliphatic carbocycles. The van der Waals surface area contributed by atoms with E-state index >= 15 is 0 Å². The van der Waals surface area contributed by atoms with Crippen LogP contribution in [0.15, 0.2) is 12.4 Å². The predicted octanol–water partition coefficient (Wildman–Crippen LogP) is 1.60. The molecule has 0 aliphatic heterocycles. The standard InChI is InChI=1S/C11H21N3/c1-10(6-7-12-2)4-5-11-13-8-9-14(11)3/h8-10,12H,4-7H2,1-3H3. The molecular formula is C11H21N3. The fourth-order valence-electron chi connectivity index (χ4n) is 1.55. The number of imidazole rings is 1. The molecule has 0 spiro atoms. The highest BCUT2D eigenvalue weighted by Gasteiger charge is 2.04. The first-order valence-corrected chi connectivity index (χ1v) is 5.35. The predicted molar refractivity (Wildman–Crippen MR) is 59.2 cm³/mol. The summed E-state index contributed by atoms with van der Waals surface area (Å²) in [5.74, 6) is 1.97. The molecule has 3 heteroatoms. The molecule has 3 nitrogen and oxygen atoms in total. The van der Waals surface area contributed by atoms with Crippen LogP contribution in [0.2, 0.25) is 0 Å². The molecule has 1 N–H and O–H groups in total. The minimum atomic E-state index is 0.777. The zero-order chi connectivity index (χ0) is 10.4. The van der Waals surface area contributed by atoms with Gasteiger partial charge in [0, 0.05) is 25.9 Å². The molecule has 1 aromatic rings. The van der Waals surface area contributed by atoms with Crippen LogP contribution in [0, 0.1) is 5.92 Å². The normalized spacial score (nSPS) is 13.1. The third-order valence-corrected chi connectivity index (χ3v) is 2.67. The highest BCUT2D eigenvalue weighted by molar-refractivity contribution is 4.91. The first-order valence-electron chi connectivity index (χ1n) is 5.35. The molecule has 1 heterocycles. The van der Waals surface area contributed by atoms with E-state index in [9.17, 15) is 0 Å². The summed E-state index contributed by atoms with van der Waals surface area (Å²) >= 11 is 0. The molecule has 80 valence electrons. The summed E-state index contributed by atoms with van der Waals surface area (Å²) in [6, 6.07) is 0. The number of nitrogens with zero attached hydrogens (tertiary/aromatic N) is 2. The molecule has 0 aliphatic rings. The third-order valence-electron chi connectivity index (χ3n) is 2.67. The molecule has 0 aromatic carbocycles. The molecule has 14 heavy (non-hydrogen) atoms.